The van der Waals surface area contributed by atoms with Gasteiger partial charge < -0.3 is 14.4 Å². The second-order valence-electron chi connectivity index (χ2n) is 7.49. The molecule has 6 heteroatoms. The normalized spacial score (nSPS) is 21.9. The summed E-state index contributed by atoms with van der Waals surface area (Å²) in [5.74, 6) is -1.21. The number of ether oxygens (including phenoxy) is 2. The van der Waals surface area contributed by atoms with Gasteiger partial charge in [-0.15, -0.1) is 0 Å². The van der Waals surface area contributed by atoms with E-state index < -0.39 is 5.92 Å². The third-order valence-electron chi connectivity index (χ3n) is 5.39. The maximum absolute atomic E-state index is 12.9. The third kappa shape index (κ3) is 4.02. The van der Waals surface area contributed by atoms with Crippen LogP contribution < -0.4 is 4.90 Å². The summed E-state index contributed by atoms with van der Waals surface area (Å²) >= 11 is 0. The van der Waals surface area contributed by atoms with E-state index in [1.165, 1.54) is 0 Å². The Bertz CT molecular complexity index is 808. The largest absolute Gasteiger partial charge is 0.463 e. The Hall–Kier alpha value is -2.47. The minimum Gasteiger partial charge on any atom is -0.463 e. The van der Waals surface area contributed by atoms with E-state index in [2.05, 4.69) is 4.99 Å². The number of hydrogen-bond donors (Lipinski definition) is 0. The molecule has 2 atom stereocenters. The Labute approximate surface area is 166 Å². The molecule has 0 aromatic heterocycles. The zero-order valence-electron chi connectivity index (χ0n) is 17.0. The average molecular weight is 384 g/mol. The molecule has 1 aliphatic carbocycles. The first-order chi connectivity index (χ1) is 13.4. The number of benzene rings is 1. The fourth-order valence-electron chi connectivity index (χ4n) is 3.97. The van der Waals surface area contributed by atoms with Crippen molar-refractivity contribution in [1.82, 2.24) is 0 Å². The zero-order chi connectivity index (χ0) is 20.3. The van der Waals surface area contributed by atoms with Crippen LogP contribution in [-0.2, 0) is 19.1 Å². The van der Waals surface area contributed by atoms with Crippen LogP contribution in [0.15, 0.2) is 40.5 Å². The van der Waals surface area contributed by atoms with E-state index >= 15 is 0 Å². The molecule has 0 saturated carbocycles. The number of carbonyl (C=O) groups is 2. The van der Waals surface area contributed by atoms with Crippen molar-refractivity contribution in [3.05, 3.63) is 41.1 Å². The predicted octanol–water partition coefficient (Wildman–Crippen LogP) is 3.12. The molecule has 1 unspecified atom stereocenters. The van der Waals surface area contributed by atoms with E-state index in [0.717, 1.165) is 29.8 Å². The first-order valence-corrected chi connectivity index (χ1v) is 9.68. The zero-order valence-corrected chi connectivity index (χ0v) is 17.0. The van der Waals surface area contributed by atoms with Gasteiger partial charge in [-0.3, -0.25) is 14.6 Å². The molecule has 0 spiro atoms. The number of rotatable bonds is 6. The van der Waals surface area contributed by atoms with Crippen molar-refractivity contribution < 1.29 is 19.1 Å². The van der Waals surface area contributed by atoms with Crippen LogP contribution in [-0.4, -0.2) is 51.9 Å². The number of esters is 1. The lowest BCUT2D eigenvalue weighted by atomic mass is 9.72. The van der Waals surface area contributed by atoms with Gasteiger partial charge in [0.05, 0.1) is 6.61 Å². The van der Waals surface area contributed by atoms with Crippen molar-refractivity contribution in [1.29, 1.82) is 0 Å². The van der Waals surface area contributed by atoms with Gasteiger partial charge >= 0.3 is 5.97 Å². The maximum atomic E-state index is 12.9. The molecule has 0 fully saturated rings. The monoisotopic (exact) mass is 384 g/mol. The van der Waals surface area contributed by atoms with E-state index in [-0.39, 0.29) is 24.3 Å². The molecule has 150 valence electrons. The second kappa shape index (κ2) is 8.69. The standard InChI is InChI=1S/C22H28N2O4/c1-14-19(22(26)28-13-12-27-4)20(15-8-10-16(11-9-15)24(2)3)21-17(23-14)6-5-7-18(21)25/h8-11,19-20H,5-7,12-13H2,1-4H3/t19?,20-/m1/s1. The fraction of sp³-hybridized carbons (Fsp3) is 0.500. The van der Waals surface area contributed by atoms with E-state index in [9.17, 15) is 9.59 Å². The third-order valence-corrected chi connectivity index (χ3v) is 5.39. The lowest BCUT2D eigenvalue weighted by molar-refractivity contribution is -0.147. The molecule has 28 heavy (non-hydrogen) atoms. The summed E-state index contributed by atoms with van der Waals surface area (Å²) in [4.78, 5) is 32.4. The minimum absolute atomic E-state index is 0.0916. The van der Waals surface area contributed by atoms with Crippen LogP contribution in [0.4, 0.5) is 5.69 Å². The molecule has 0 radical (unpaired) electrons. The number of anilines is 1. The maximum Gasteiger partial charge on any atom is 0.315 e. The highest BCUT2D eigenvalue weighted by atomic mass is 16.6. The highest BCUT2D eigenvalue weighted by Gasteiger charge is 2.43. The number of ketones is 1. The summed E-state index contributed by atoms with van der Waals surface area (Å²) in [5, 5.41) is 0. The lowest BCUT2D eigenvalue weighted by Crippen LogP contribution is -2.37. The molecule has 1 aliphatic heterocycles. The van der Waals surface area contributed by atoms with Gasteiger partial charge in [0.2, 0.25) is 0 Å². The molecule has 1 heterocycles. The minimum atomic E-state index is -0.595. The summed E-state index contributed by atoms with van der Waals surface area (Å²) in [5.41, 5.74) is 4.22. The number of allylic oxidation sites excluding steroid dienone is 2. The van der Waals surface area contributed by atoms with Gasteiger partial charge in [-0.25, -0.2) is 0 Å². The molecule has 0 amide bonds. The molecule has 3 rings (SSSR count). The fourth-order valence-corrected chi connectivity index (χ4v) is 3.97. The number of nitrogens with zero attached hydrogens (tertiary/aromatic N) is 2. The molecule has 0 bridgehead atoms. The molecule has 2 aliphatic rings. The number of carbonyl (C=O) groups excluding carboxylic acids is 2. The van der Waals surface area contributed by atoms with E-state index in [4.69, 9.17) is 9.47 Å². The molecule has 1 aromatic carbocycles. The Kier molecular flexibility index (Phi) is 6.29. The van der Waals surface area contributed by atoms with Gasteiger partial charge in [0.1, 0.15) is 12.5 Å². The number of methoxy groups -OCH3 is 1. The van der Waals surface area contributed by atoms with E-state index in [1.54, 1.807) is 7.11 Å². The van der Waals surface area contributed by atoms with Gasteiger partial charge in [-0.1, -0.05) is 12.1 Å². The number of hydrogen-bond acceptors (Lipinski definition) is 6. The summed E-state index contributed by atoms with van der Waals surface area (Å²) in [6.45, 7) is 2.38. The SMILES string of the molecule is COCCOC(=O)C1C(C)=NC2=C(C(=O)CCC2)[C@@H]1c1ccc(N(C)C)cc1. The van der Waals surface area contributed by atoms with Crippen molar-refractivity contribution in [2.24, 2.45) is 10.9 Å². The van der Waals surface area contributed by atoms with Gasteiger partial charge in [0, 0.05) is 56.2 Å². The first-order valence-electron chi connectivity index (χ1n) is 9.68. The van der Waals surface area contributed by atoms with Crippen molar-refractivity contribution >= 4 is 23.2 Å². The molecule has 0 saturated heterocycles. The van der Waals surface area contributed by atoms with Crippen LogP contribution in [0.3, 0.4) is 0 Å². The molecular weight excluding hydrogens is 356 g/mol. The molecule has 1 aromatic rings. The van der Waals surface area contributed by atoms with Crippen LogP contribution in [0.25, 0.3) is 0 Å². The first kappa shape index (κ1) is 20.3. The second-order valence-corrected chi connectivity index (χ2v) is 7.49. The molecule has 0 N–H and O–H groups in total. The van der Waals surface area contributed by atoms with Gasteiger partial charge in [0.25, 0.3) is 0 Å². The topological polar surface area (TPSA) is 68.2 Å². The lowest BCUT2D eigenvalue weighted by Gasteiger charge is -2.34. The Morgan fingerprint density at radius 3 is 2.54 bits per heavy atom. The summed E-state index contributed by atoms with van der Waals surface area (Å²) in [6.07, 6.45) is 2.09. The molecule has 6 nitrogen and oxygen atoms in total. The highest BCUT2D eigenvalue weighted by Crippen LogP contribution is 2.43. The van der Waals surface area contributed by atoms with Gasteiger partial charge in [-0.05, 0) is 37.5 Å². The Morgan fingerprint density at radius 2 is 1.89 bits per heavy atom. The van der Waals surface area contributed by atoms with Crippen molar-refractivity contribution in [3.8, 4) is 0 Å². The van der Waals surface area contributed by atoms with Crippen molar-refractivity contribution in [2.75, 3.05) is 39.3 Å². The summed E-state index contributed by atoms with van der Waals surface area (Å²) in [6, 6.07) is 8.02. The van der Waals surface area contributed by atoms with Crippen LogP contribution >= 0.6 is 0 Å². The van der Waals surface area contributed by atoms with Crippen LogP contribution in [0.5, 0.6) is 0 Å². The smallest absolute Gasteiger partial charge is 0.315 e. The Morgan fingerprint density at radius 1 is 1.18 bits per heavy atom. The van der Waals surface area contributed by atoms with Crippen molar-refractivity contribution in [2.45, 2.75) is 32.1 Å². The van der Waals surface area contributed by atoms with Crippen LogP contribution in [0.1, 0.15) is 37.7 Å². The van der Waals surface area contributed by atoms with E-state index in [1.807, 2.05) is 50.2 Å². The number of aliphatic imine (C=N–C) groups is 1. The van der Waals surface area contributed by atoms with E-state index in [0.29, 0.717) is 24.3 Å². The van der Waals surface area contributed by atoms with Crippen LogP contribution in [0, 0.1) is 5.92 Å². The van der Waals surface area contributed by atoms with Gasteiger partial charge in [-0.2, -0.15) is 0 Å². The summed E-state index contributed by atoms with van der Waals surface area (Å²) < 4.78 is 10.4. The molecular formula is C22H28N2O4. The predicted molar refractivity (Wildman–Crippen MR) is 109 cm³/mol. The van der Waals surface area contributed by atoms with Gasteiger partial charge in [0.15, 0.2) is 5.78 Å². The van der Waals surface area contributed by atoms with Crippen LogP contribution in [0.2, 0.25) is 0 Å². The van der Waals surface area contributed by atoms with Crippen molar-refractivity contribution in [3.63, 3.8) is 0 Å². The Balaban J connectivity index is 2.02. The number of Topliss-reactive ketones (excluding diaryl/α,β-unsaturated/α-hetero) is 1. The highest BCUT2D eigenvalue weighted by molar-refractivity contribution is 6.08. The quantitative estimate of drug-likeness (QED) is 0.557. The summed E-state index contributed by atoms with van der Waals surface area (Å²) in [7, 11) is 5.52. The average Bonchev–Trinajstić information content (AvgIpc) is 2.67.